The quantitative estimate of drug-likeness (QED) is 0.482. The third-order valence-corrected chi connectivity index (χ3v) is 1.84. The molecule has 0 fully saturated rings. The van der Waals surface area contributed by atoms with Gasteiger partial charge < -0.3 is 10.1 Å². The van der Waals surface area contributed by atoms with E-state index in [1.165, 1.54) is 25.1 Å². The zero-order valence-corrected chi connectivity index (χ0v) is 9.30. The Bertz CT molecular complexity index is 457. The number of nitro groups is 1. The van der Waals surface area contributed by atoms with Gasteiger partial charge in [-0.3, -0.25) is 14.9 Å². The Morgan fingerprint density at radius 2 is 2.35 bits per heavy atom. The maximum absolute atomic E-state index is 11.0. The first kappa shape index (κ1) is 12.7. The van der Waals surface area contributed by atoms with Gasteiger partial charge >= 0.3 is 0 Å². The number of nitro benzene ring substituents is 1. The monoisotopic (exact) mass is 236 g/mol. The maximum atomic E-state index is 11.0. The maximum Gasteiger partial charge on any atom is 0.271 e. The summed E-state index contributed by atoms with van der Waals surface area (Å²) in [5.41, 5.74) is 0.160. The zero-order chi connectivity index (χ0) is 12.8. The summed E-state index contributed by atoms with van der Waals surface area (Å²) in [6.45, 7) is 5.06. The van der Waals surface area contributed by atoms with Crippen LogP contribution in [-0.4, -0.2) is 17.4 Å². The molecule has 17 heavy (non-hydrogen) atoms. The highest BCUT2D eigenvalue weighted by Crippen LogP contribution is 2.29. The summed E-state index contributed by atoms with van der Waals surface area (Å²) >= 11 is 0. The van der Waals surface area contributed by atoms with Crippen LogP contribution in [0, 0.1) is 10.1 Å². The van der Waals surface area contributed by atoms with Crippen molar-refractivity contribution in [2.75, 3.05) is 11.9 Å². The first-order chi connectivity index (χ1) is 8.04. The van der Waals surface area contributed by atoms with Gasteiger partial charge in [-0.15, -0.1) is 0 Å². The lowest BCUT2D eigenvalue weighted by Gasteiger charge is -2.09. The van der Waals surface area contributed by atoms with E-state index >= 15 is 0 Å². The average molecular weight is 236 g/mol. The molecular weight excluding hydrogens is 224 g/mol. The lowest BCUT2D eigenvalue weighted by Crippen LogP contribution is -2.08. The molecule has 0 saturated heterocycles. The molecule has 6 nitrogen and oxygen atoms in total. The van der Waals surface area contributed by atoms with Gasteiger partial charge in [-0.1, -0.05) is 12.7 Å². The van der Waals surface area contributed by atoms with Crippen molar-refractivity contribution in [3.63, 3.8) is 0 Å². The van der Waals surface area contributed by atoms with Crippen molar-refractivity contribution < 1.29 is 14.5 Å². The molecule has 6 heteroatoms. The van der Waals surface area contributed by atoms with Crippen molar-refractivity contribution in [1.82, 2.24) is 0 Å². The molecule has 0 spiro atoms. The molecule has 1 aromatic rings. The number of amides is 1. The van der Waals surface area contributed by atoms with Crippen molar-refractivity contribution in [3.05, 3.63) is 41.0 Å². The van der Waals surface area contributed by atoms with Crippen LogP contribution in [0.2, 0.25) is 0 Å². The molecule has 0 aromatic heterocycles. The first-order valence-electron chi connectivity index (χ1n) is 4.84. The van der Waals surface area contributed by atoms with Crippen molar-refractivity contribution in [2.45, 2.75) is 6.92 Å². The minimum Gasteiger partial charge on any atom is -0.487 e. The van der Waals surface area contributed by atoms with Gasteiger partial charge in [-0.2, -0.15) is 0 Å². The summed E-state index contributed by atoms with van der Waals surface area (Å²) < 4.78 is 5.27. The van der Waals surface area contributed by atoms with Crippen molar-refractivity contribution in [1.29, 1.82) is 0 Å². The zero-order valence-electron chi connectivity index (χ0n) is 9.30. The highest BCUT2D eigenvalue weighted by Gasteiger charge is 2.12. The van der Waals surface area contributed by atoms with Gasteiger partial charge in [0.15, 0.2) is 0 Å². The summed E-state index contributed by atoms with van der Waals surface area (Å²) in [5.74, 6) is 0.0413. The average Bonchev–Trinajstić information content (AvgIpc) is 2.26. The molecule has 0 atom stereocenters. The highest BCUT2D eigenvalue weighted by molar-refractivity contribution is 5.90. The predicted molar refractivity (Wildman–Crippen MR) is 63.1 cm³/mol. The van der Waals surface area contributed by atoms with Crippen LogP contribution in [-0.2, 0) is 4.79 Å². The summed E-state index contributed by atoms with van der Waals surface area (Å²) in [7, 11) is 0. The van der Waals surface area contributed by atoms with E-state index in [2.05, 4.69) is 11.9 Å². The van der Waals surface area contributed by atoms with E-state index in [9.17, 15) is 14.9 Å². The van der Waals surface area contributed by atoms with Gasteiger partial charge in [0.1, 0.15) is 12.4 Å². The molecule has 0 aliphatic rings. The number of non-ortho nitro benzene ring substituents is 1. The number of hydrogen-bond donors (Lipinski definition) is 1. The van der Waals surface area contributed by atoms with E-state index in [1.54, 1.807) is 6.08 Å². The van der Waals surface area contributed by atoms with Crippen LogP contribution in [0.4, 0.5) is 11.4 Å². The number of rotatable bonds is 5. The Morgan fingerprint density at radius 3 is 2.88 bits per heavy atom. The van der Waals surface area contributed by atoms with Gasteiger partial charge in [0.05, 0.1) is 10.6 Å². The lowest BCUT2D eigenvalue weighted by atomic mass is 10.2. The van der Waals surface area contributed by atoms with Crippen molar-refractivity contribution >= 4 is 17.3 Å². The molecule has 1 N–H and O–H groups in total. The fourth-order valence-corrected chi connectivity index (χ4v) is 1.19. The van der Waals surface area contributed by atoms with Crippen LogP contribution >= 0.6 is 0 Å². The van der Waals surface area contributed by atoms with E-state index in [1.807, 2.05) is 0 Å². The number of hydrogen-bond acceptors (Lipinski definition) is 4. The van der Waals surface area contributed by atoms with Crippen molar-refractivity contribution in [2.24, 2.45) is 0 Å². The fraction of sp³-hybridized carbons (Fsp3) is 0.182. The van der Waals surface area contributed by atoms with Gasteiger partial charge in [-0.25, -0.2) is 0 Å². The third kappa shape index (κ3) is 3.60. The first-order valence-corrected chi connectivity index (χ1v) is 4.84. The summed E-state index contributed by atoms with van der Waals surface area (Å²) in [6.07, 6.45) is 1.54. The Labute approximate surface area is 98.0 Å². The molecule has 0 heterocycles. The topological polar surface area (TPSA) is 81.5 Å². The van der Waals surface area contributed by atoms with Crippen LogP contribution in [0.5, 0.6) is 5.75 Å². The molecule has 0 unspecified atom stereocenters. The molecule has 1 aromatic carbocycles. The second kappa shape index (κ2) is 5.64. The molecule has 1 amide bonds. The highest BCUT2D eigenvalue weighted by atomic mass is 16.6. The number of anilines is 1. The van der Waals surface area contributed by atoms with E-state index in [4.69, 9.17) is 4.74 Å². The van der Waals surface area contributed by atoms with Gasteiger partial charge in [0, 0.05) is 19.1 Å². The van der Waals surface area contributed by atoms with Gasteiger partial charge in [0.25, 0.3) is 5.69 Å². The van der Waals surface area contributed by atoms with Crippen LogP contribution in [0.15, 0.2) is 30.9 Å². The largest absolute Gasteiger partial charge is 0.487 e. The Hall–Kier alpha value is -2.37. The second-order valence-electron chi connectivity index (χ2n) is 3.22. The third-order valence-electron chi connectivity index (χ3n) is 1.84. The van der Waals surface area contributed by atoms with Crippen LogP contribution in [0.1, 0.15) is 6.92 Å². The van der Waals surface area contributed by atoms with Crippen molar-refractivity contribution in [3.8, 4) is 5.75 Å². The molecule has 1 rings (SSSR count). The summed E-state index contributed by atoms with van der Waals surface area (Å²) in [4.78, 5) is 21.0. The molecule has 0 aliphatic heterocycles. The standard InChI is InChI=1S/C11H12N2O4/c1-3-6-17-11-5-4-9(13(15)16)7-10(11)12-8(2)14/h3-5,7H,1,6H2,2H3,(H,12,14). The number of carbonyl (C=O) groups is 1. The Balaban J connectivity index is 3.06. The van der Waals surface area contributed by atoms with E-state index in [0.29, 0.717) is 5.75 Å². The molecule has 0 aliphatic carbocycles. The van der Waals surface area contributed by atoms with Crippen LogP contribution in [0.25, 0.3) is 0 Å². The van der Waals surface area contributed by atoms with Gasteiger partial charge in [-0.05, 0) is 6.07 Å². The molecule has 90 valence electrons. The molecular formula is C11H12N2O4. The van der Waals surface area contributed by atoms with Crippen LogP contribution in [0.3, 0.4) is 0 Å². The SMILES string of the molecule is C=CCOc1ccc([N+](=O)[O-])cc1NC(C)=O. The van der Waals surface area contributed by atoms with E-state index in [-0.39, 0.29) is 23.9 Å². The molecule has 0 saturated carbocycles. The number of benzene rings is 1. The van der Waals surface area contributed by atoms with Gasteiger partial charge in [0.2, 0.25) is 5.91 Å². The number of nitrogens with one attached hydrogen (secondary N) is 1. The Kier molecular flexibility index (Phi) is 4.21. The minimum atomic E-state index is -0.539. The Morgan fingerprint density at radius 1 is 1.65 bits per heavy atom. The predicted octanol–water partition coefficient (Wildman–Crippen LogP) is 2.12. The van der Waals surface area contributed by atoms with E-state index < -0.39 is 4.92 Å². The minimum absolute atomic E-state index is 0.111. The molecule has 0 bridgehead atoms. The summed E-state index contributed by atoms with van der Waals surface area (Å²) in [5, 5.41) is 13.1. The smallest absolute Gasteiger partial charge is 0.271 e. The fourth-order valence-electron chi connectivity index (χ4n) is 1.19. The van der Waals surface area contributed by atoms with E-state index in [0.717, 1.165) is 0 Å². The number of nitrogens with zero attached hydrogens (tertiary/aromatic N) is 1. The normalized spacial score (nSPS) is 9.47. The number of carbonyl (C=O) groups excluding carboxylic acids is 1. The lowest BCUT2D eigenvalue weighted by molar-refractivity contribution is -0.384. The summed E-state index contributed by atoms with van der Waals surface area (Å²) in [6, 6.07) is 4.00. The van der Waals surface area contributed by atoms with Crippen LogP contribution < -0.4 is 10.1 Å². The second-order valence-corrected chi connectivity index (χ2v) is 3.22. The number of ether oxygens (including phenoxy) is 1. The molecule has 0 radical (unpaired) electrons.